The van der Waals surface area contributed by atoms with Gasteiger partial charge in [-0.05, 0) is 39.2 Å². The van der Waals surface area contributed by atoms with E-state index in [1.807, 2.05) is 13.8 Å². The van der Waals surface area contributed by atoms with E-state index in [1.54, 1.807) is 32.9 Å². The summed E-state index contributed by atoms with van der Waals surface area (Å²) in [6.45, 7) is 9.12. The zero-order chi connectivity index (χ0) is 25.3. The Morgan fingerprint density at radius 2 is 1.76 bits per heavy atom. The van der Waals surface area contributed by atoms with Gasteiger partial charge in [-0.1, -0.05) is 13.8 Å². The summed E-state index contributed by atoms with van der Waals surface area (Å²) in [7, 11) is 4.39. The van der Waals surface area contributed by atoms with E-state index in [2.05, 4.69) is 4.98 Å². The number of aliphatic carboxylic acids is 1. The van der Waals surface area contributed by atoms with Crippen molar-refractivity contribution >= 4 is 18.0 Å². The van der Waals surface area contributed by atoms with Gasteiger partial charge in [0.2, 0.25) is 11.8 Å². The molecule has 0 aromatic carbocycles. The summed E-state index contributed by atoms with van der Waals surface area (Å²) in [5.41, 5.74) is -0.723. The summed E-state index contributed by atoms with van der Waals surface area (Å²) in [4.78, 5) is 44.2. The molecule has 186 valence electrons. The van der Waals surface area contributed by atoms with Crippen molar-refractivity contribution in [2.45, 2.75) is 65.1 Å². The number of carbonyl (C=O) groups is 3. The molecule has 0 fully saturated rings. The number of aromatic nitrogens is 1. The number of rotatable bonds is 11. The summed E-state index contributed by atoms with van der Waals surface area (Å²) in [5, 5.41) is 9.75. The zero-order valence-corrected chi connectivity index (χ0v) is 20.8. The smallest absolute Gasteiger partial charge is 0.410 e. The van der Waals surface area contributed by atoms with Gasteiger partial charge in [-0.15, -0.1) is 0 Å². The molecule has 2 atom stereocenters. The van der Waals surface area contributed by atoms with Gasteiger partial charge < -0.3 is 24.2 Å². The van der Waals surface area contributed by atoms with Crippen molar-refractivity contribution in [1.82, 2.24) is 14.8 Å². The fourth-order valence-corrected chi connectivity index (χ4v) is 3.08. The van der Waals surface area contributed by atoms with Crippen LogP contribution < -0.4 is 9.47 Å². The lowest BCUT2D eigenvalue weighted by Crippen LogP contribution is -2.54. The van der Waals surface area contributed by atoms with Crippen molar-refractivity contribution in [3.8, 4) is 11.6 Å². The van der Waals surface area contributed by atoms with E-state index in [9.17, 15) is 19.5 Å². The van der Waals surface area contributed by atoms with Gasteiger partial charge in [0.1, 0.15) is 23.4 Å². The Balaban J connectivity index is 2.94. The average molecular weight is 468 g/mol. The number of hydrogen-bond acceptors (Lipinski definition) is 7. The highest BCUT2D eigenvalue weighted by molar-refractivity contribution is 5.89. The molecule has 10 heteroatoms. The van der Waals surface area contributed by atoms with Crippen LogP contribution in [0.1, 0.15) is 47.5 Å². The monoisotopic (exact) mass is 467 g/mol. The number of likely N-dealkylation sites (N-methyl/N-ethyl adjacent to an activating group) is 2. The minimum Gasteiger partial charge on any atom is -0.493 e. The zero-order valence-electron chi connectivity index (χ0n) is 20.8. The number of amides is 2. The molecule has 1 aromatic rings. The summed E-state index contributed by atoms with van der Waals surface area (Å²) in [5.74, 6) is -0.705. The third kappa shape index (κ3) is 9.15. The van der Waals surface area contributed by atoms with Crippen LogP contribution in [-0.2, 0) is 14.3 Å². The van der Waals surface area contributed by atoms with Crippen LogP contribution in [0.4, 0.5) is 4.79 Å². The van der Waals surface area contributed by atoms with Gasteiger partial charge in [0.25, 0.3) is 0 Å². The first-order valence-electron chi connectivity index (χ1n) is 10.8. The van der Waals surface area contributed by atoms with E-state index in [0.29, 0.717) is 18.1 Å². The first-order chi connectivity index (χ1) is 15.3. The van der Waals surface area contributed by atoms with Crippen LogP contribution in [0.3, 0.4) is 0 Å². The largest absolute Gasteiger partial charge is 0.493 e. The minimum atomic E-state index is -1.16. The van der Waals surface area contributed by atoms with Crippen LogP contribution in [0.15, 0.2) is 18.3 Å². The van der Waals surface area contributed by atoms with Crippen molar-refractivity contribution < 1.29 is 33.7 Å². The number of carbonyl (C=O) groups excluding carboxylic acids is 2. The number of pyridine rings is 1. The number of nitrogens with zero attached hydrogens (tertiary/aromatic N) is 3. The number of carboxylic acids is 1. The van der Waals surface area contributed by atoms with Gasteiger partial charge in [0.15, 0.2) is 0 Å². The molecule has 0 unspecified atom stereocenters. The number of ether oxygens (including phenoxy) is 3. The molecule has 1 rings (SSSR count). The molecule has 1 heterocycles. The highest BCUT2D eigenvalue weighted by Gasteiger charge is 2.36. The molecule has 0 spiro atoms. The Morgan fingerprint density at radius 1 is 1.12 bits per heavy atom. The lowest BCUT2D eigenvalue weighted by atomic mass is 10.0. The van der Waals surface area contributed by atoms with Crippen molar-refractivity contribution in [2.75, 3.05) is 27.8 Å². The van der Waals surface area contributed by atoms with Gasteiger partial charge in [-0.25, -0.2) is 14.6 Å². The second kappa shape index (κ2) is 12.3. The predicted octanol–water partition coefficient (Wildman–Crippen LogP) is 3.05. The van der Waals surface area contributed by atoms with E-state index < -0.39 is 35.7 Å². The molecule has 0 bridgehead atoms. The van der Waals surface area contributed by atoms with Gasteiger partial charge in [-0.3, -0.25) is 9.69 Å². The molecule has 33 heavy (non-hydrogen) atoms. The third-order valence-corrected chi connectivity index (χ3v) is 4.80. The topological polar surface area (TPSA) is 118 Å². The molecule has 2 amide bonds. The molecule has 0 saturated heterocycles. The van der Waals surface area contributed by atoms with Crippen molar-refractivity contribution in [3.05, 3.63) is 18.3 Å². The second-order valence-corrected chi connectivity index (χ2v) is 9.21. The van der Waals surface area contributed by atoms with E-state index in [-0.39, 0.29) is 18.9 Å². The molecule has 0 radical (unpaired) electrons. The molecule has 0 aliphatic heterocycles. The summed E-state index contributed by atoms with van der Waals surface area (Å²) in [6.07, 6.45) is 1.28. The van der Waals surface area contributed by atoms with Gasteiger partial charge in [0.05, 0.1) is 13.7 Å². The Labute approximate surface area is 195 Å². The third-order valence-electron chi connectivity index (χ3n) is 4.80. The van der Waals surface area contributed by atoms with Crippen LogP contribution in [0.25, 0.3) is 0 Å². The highest BCUT2D eigenvalue weighted by atomic mass is 16.6. The quantitative estimate of drug-likeness (QED) is 0.527. The van der Waals surface area contributed by atoms with E-state index in [0.717, 1.165) is 4.90 Å². The highest BCUT2D eigenvalue weighted by Crippen LogP contribution is 2.20. The molecule has 0 aliphatic rings. The maximum absolute atomic E-state index is 13.3. The van der Waals surface area contributed by atoms with Gasteiger partial charge >= 0.3 is 12.1 Å². The Morgan fingerprint density at radius 3 is 2.27 bits per heavy atom. The normalized spacial score (nSPS) is 13.1. The van der Waals surface area contributed by atoms with E-state index in [1.165, 1.54) is 32.3 Å². The minimum absolute atomic E-state index is 0.0484. The lowest BCUT2D eigenvalue weighted by molar-refractivity contribution is -0.151. The second-order valence-electron chi connectivity index (χ2n) is 9.21. The van der Waals surface area contributed by atoms with Crippen LogP contribution in [0, 0.1) is 5.92 Å². The van der Waals surface area contributed by atoms with Crippen LogP contribution in [0.2, 0.25) is 0 Å². The SMILES string of the molecule is COc1cc(OCC[C@H](C(=O)O)N(C)C(=O)[C@H](CC(C)C)N(C)C(=O)OC(C)(C)C)ccn1. The van der Waals surface area contributed by atoms with Crippen LogP contribution >= 0.6 is 0 Å². The lowest BCUT2D eigenvalue weighted by Gasteiger charge is -2.35. The molecule has 0 aliphatic carbocycles. The van der Waals surface area contributed by atoms with E-state index >= 15 is 0 Å². The molecule has 10 nitrogen and oxygen atoms in total. The first-order valence-corrected chi connectivity index (χ1v) is 10.8. The maximum atomic E-state index is 13.3. The molecule has 0 saturated carbocycles. The predicted molar refractivity (Wildman–Crippen MR) is 122 cm³/mol. The van der Waals surface area contributed by atoms with Crippen LogP contribution in [-0.4, -0.2) is 83.4 Å². The molecule has 1 aromatic heterocycles. The number of methoxy groups -OCH3 is 1. The van der Waals surface area contributed by atoms with Gasteiger partial charge in [0, 0.05) is 32.8 Å². The Hall–Kier alpha value is -3.04. The van der Waals surface area contributed by atoms with Crippen molar-refractivity contribution in [1.29, 1.82) is 0 Å². The van der Waals surface area contributed by atoms with Crippen LogP contribution in [0.5, 0.6) is 11.6 Å². The fraction of sp³-hybridized carbons (Fsp3) is 0.652. The summed E-state index contributed by atoms with van der Waals surface area (Å²) in [6, 6.07) is 1.21. The maximum Gasteiger partial charge on any atom is 0.410 e. The van der Waals surface area contributed by atoms with Crippen molar-refractivity contribution in [2.24, 2.45) is 5.92 Å². The number of hydrogen-bond donors (Lipinski definition) is 1. The summed E-state index contributed by atoms with van der Waals surface area (Å²) < 4.78 is 16.1. The molecular formula is C23H37N3O7. The van der Waals surface area contributed by atoms with Gasteiger partial charge in [-0.2, -0.15) is 0 Å². The fourth-order valence-electron chi connectivity index (χ4n) is 3.08. The first kappa shape index (κ1) is 28.0. The summed E-state index contributed by atoms with van der Waals surface area (Å²) >= 11 is 0. The number of carboxylic acid groups (broad SMARTS) is 1. The average Bonchev–Trinajstić information content (AvgIpc) is 2.72. The Bertz CT molecular complexity index is 807. The molecular weight excluding hydrogens is 430 g/mol. The molecule has 1 N–H and O–H groups in total. The van der Waals surface area contributed by atoms with E-state index in [4.69, 9.17) is 14.2 Å². The van der Waals surface area contributed by atoms with Crippen molar-refractivity contribution in [3.63, 3.8) is 0 Å². The standard InChI is InChI=1S/C23H37N3O7/c1-15(2)13-18(26(7)22(30)33-23(3,4)5)20(27)25(6)17(21(28)29)10-12-32-16-9-11-24-19(14-16)31-8/h9,11,14-15,17-18H,10,12-13H2,1-8H3,(H,28,29)/t17-,18+/m1/s1. The Kier molecular flexibility index (Phi) is 10.4.